The van der Waals surface area contributed by atoms with Crippen LogP contribution in [-0.2, 0) is 0 Å². The van der Waals surface area contributed by atoms with E-state index in [-0.39, 0.29) is 5.91 Å². The summed E-state index contributed by atoms with van der Waals surface area (Å²) in [5.74, 6) is 0.428. The minimum absolute atomic E-state index is 0.145. The van der Waals surface area contributed by atoms with Crippen LogP contribution >= 0.6 is 9.24 Å². The molecule has 0 bridgehead atoms. The average molecular weight is 244 g/mol. The second-order valence-electron chi connectivity index (χ2n) is 3.76. The molecule has 0 spiro atoms. The Morgan fingerprint density at radius 1 is 1.29 bits per heavy atom. The fourth-order valence-electron chi connectivity index (χ4n) is 1.49. The first-order valence-electron chi connectivity index (χ1n) is 5.25. The standard InChI is InChI=1S/C13H13N2OP/c1-9-6-7-14-12(8-9)15-13(16)10-4-2-3-5-11(10)17/h2-8H,17H2,1H3,(H,14,15,16). The third kappa shape index (κ3) is 2.89. The van der Waals surface area contributed by atoms with Crippen LogP contribution in [0.5, 0.6) is 0 Å². The van der Waals surface area contributed by atoms with E-state index in [2.05, 4.69) is 19.5 Å². The van der Waals surface area contributed by atoms with Crippen LogP contribution in [0.2, 0.25) is 0 Å². The number of hydrogen-bond donors (Lipinski definition) is 1. The van der Waals surface area contributed by atoms with E-state index < -0.39 is 0 Å². The topological polar surface area (TPSA) is 42.0 Å². The van der Waals surface area contributed by atoms with Gasteiger partial charge in [0.1, 0.15) is 5.82 Å². The van der Waals surface area contributed by atoms with Crippen molar-refractivity contribution in [1.82, 2.24) is 4.98 Å². The normalized spacial score (nSPS) is 10.0. The molecule has 1 N–H and O–H groups in total. The van der Waals surface area contributed by atoms with Crippen LogP contribution in [0.1, 0.15) is 15.9 Å². The summed E-state index contributed by atoms with van der Waals surface area (Å²) >= 11 is 0. The number of aromatic nitrogens is 1. The molecule has 0 saturated carbocycles. The number of benzene rings is 1. The highest BCUT2D eigenvalue weighted by Crippen LogP contribution is 2.08. The molecule has 86 valence electrons. The van der Waals surface area contributed by atoms with Gasteiger partial charge < -0.3 is 5.32 Å². The Balaban J connectivity index is 2.20. The third-order valence-corrected chi connectivity index (χ3v) is 2.87. The van der Waals surface area contributed by atoms with Gasteiger partial charge in [0.25, 0.3) is 5.91 Å². The van der Waals surface area contributed by atoms with Gasteiger partial charge in [0, 0.05) is 11.8 Å². The van der Waals surface area contributed by atoms with Crippen molar-refractivity contribution in [3.8, 4) is 0 Å². The second-order valence-corrected chi connectivity index (χ2v) is 4.38. The Bertz CT molecular complexity index is 555. The van der Waals surface area contributed by atoms with Crippen LogP contribution in [0, 0.1) is 6.92 Å². The van der Waals surface area contributed by atoms with E-state index in [0.29, 0.717) is 11.4 Å². The van der Waals surface area contributed by atoms with Crippen molar-refractivity contribution in [3.63, 3.8) is 0 Å². The predicted molar refractivity (Wildman–Crippen MR) is 72.7 cm³/mol. The largest absolute Gasteiger partial charge is 0.307 e. The Hall–Kier alpha value is -1.73. The number of nitrogens with one attached hydrogen (secondary N) is 1. The lowest BCUT2D eigenvalue weighted by Crippen LogP contribution is -2.18. The quantitative estimate of drug-likeness (QED) is 0.822. The number of hydrogen-bond acceptors (Lipinski definition) is 2. The maximum Gasteiger partial charge on any atom is 0.257 e. The first kappa shape index (κ1) is 11.7. The van der Waals surface area contributed by atoms with Crippen molar-refractivity contribution in [1.29, 1.82) is 0 Å². The van der Waals surface area contributed by atoms with Crippen LogP contribution in [0.15, 0.2) is 42.6 Å². The Morgan fingerprint density at radius 3 is 2.76 bits per heavy atom. The van der Waals surface area contributed by atoms with Gasteiger partial charge in [-0.3, -0.25) is 4.79 Å². The molecule has 0 saturated heterocycles. The van der Waals surface area contributed by atoms with E-state index in [0.717, 1.165) is 10.9 Å². The van der Waals surface area contributed by atoms with Crippen molar-refractivity contribution in [3.05, 3.63) is 53.7 Å². The van der Waals surface area contributed by atoms with E-state index in [1.165, 1.54) is 0 Å². The molecule has 0 aliphatic heterocycles. The average Bonchev–Trinajstić information content (AvgIpc) is 2.29. The minimum atomic E-state index is -0.145. The van der Waals surface area contributed by atoms with Crippen molar-refractivity contribution in [2.45, 2.75) is 6.92 Å². The summed E-state index contributed by atoms with van der Waals surface area (Å²) in [6.45, 7) is 1.96. The Kier molecular flexibility index (Phi) is 3.50. The molecule has 0 aliphatic carbocycles. The molecule has 2 aromatic rings. The van der Waals surface area contributed by atoms with E-state index in [9.17, 15) is 4.79 Å². The number of anilines is 1. The summed E-state index contributed by atoms with van der Waals surface area (Å²) in [4.78, 5) is 16.1. The zero-order chi connectivity index (χ0) is 12.3. The molecule has 17 heavy (non-hydrogen) atoms. The van der Waals surface area contributed by atoms with Gasteiger partial charge in [0.05, 0.1) is 0 Å². The van der Waals surface area contributed by atoms with Gasteiger partial charge in [0.2, 0.25) is 0 Å². The lowest BCUT2D eigenvalue weighted by atomic mass is 10.2. The number of aryl methyl sites for hydroxylation is 1. The smallest absolute Gasteiger partial charge is 0.257 e. The van der Waals surface area contributed by atoms with Crippen LogP contribution < -0.4 is 10.6 Å². The van der Waals surface area contributed by atoms with Crippen LogP contribution in [-0.4, -0.2) is 10.9 Å². The summed E-state index contributed by atoms with van der Waals surface area (Å²) in [6.07, 6.45) is 1.68. The Morgan fingerprint density at radius 2 is 2.06 bits per heavy atom. The maximum absolute atomic E-state index is 12.0. The molecule has 0 fully saturated rings. The number of rotatable bonds is 2. The van der Waals surface area contributed by atoms with Gasteiger partial charge in [0.15, 0.2) is 0 Å². The molecule has 2 rings (SSSR count). The van der Waals surface area contributed by atoms with Crippen LogP contribution in [0.4, 0.5) is 5.82 Å². The molecule has 1 aromatic carbocycles. The molecule has 1 atom stereocenters. The second kappa shape index (κ2) is 5.07. The highest BCUT2D eigenvalue weighted by molar-refractivity contribution is 7.27. The highest BCUT2D eigenvalue weighted by Gasteiger charge is 2.08. The molecule has 1 aromatic heterocycles. The van der Waals surface area contributed by atoms with Gasteiger partial charge >= 0.3 is 0 Å². The fraction of sp³-hybridized carbons (Fsp3) is 0.0769. The fourth-order valence-corrected chi connectivity index (χ4v) is 1.83. The summed E-state index contributed by atoms with van der Waals surface area (Å²) < 4.78 is 0. The molecule has 1 amide bonds. The number of pyridine rings is 1. The van der Waals surface area contributed by atoms with Crippen LogP contribution in [0.3, 0.4) is 0 Å². The predicted octanol–water partition coefficient (Wildman–Crippen LogP) is 2.14. The molecular weight excluding hydrogens is 231 g/mol. The van der Waals surface area contributed by atoms with Crippen molar-refractivity contribution >= 4 is 26.3 Å². The SMILES string of the molecule is Cc1ccnc(NC(=O)c2ccccc2P)c1. The van der Waals surface area contributed by atoms with E-state index >= 15 is 0 Å². The highest BCUT2D eigenvalue weighted by atomic mass is 31.0. The monoisotopic (exact) mass is 244 g/mol. The van der Waals surface area contributed by atoms with E-state index in [1.807, 2.05) is 37.3 Å². The maximum atomic E-state index is 12.0. The molecule has 1 heterocycles. The zero-order valence-corrected chi connectivity index (χ0v) is 10.6. The van der Waals surface area contributed by atoms with Crippen molar-refractivity contribution in [2.75, 3.05) is 5.32 Å². The summed E-state index contributed by atoms with van der Waals surface area (Å²) in [5.41, 5.74) is 1.70. The lowest BCUT2D eigenvalue weighted by molar-refractivity contribution is 0.102. The Labute approximate surface area is 102 Å². The zero-order valence-electron chi connectivity index (χ0n) is 9.47. The number of carbonyl (C=O) groups is 1. The molecule has 0 radical (unpaired) electrons. The molecular formula is C13H13N2OP. The lowest BCUT2D eigenvalue weighted by Gasteiger charge is -2.06. The molecule has 1 unspecified atom stereocenters. The first-order chi connectivity index (χ1) is 8.16. The first-order valence-corrected chi connectivity index (χ1v) is 5.83. The van der Waals surface area contributed by atoms with E-state index in [4.69, 9.17) is 0 Å². The molecule has 0 aliphatic rings. The number of amides is 1. The summed E-state index contributed by atoms with van der Waals surface area (Å²) in [7, 11) is 2.55. The van der Waals surface area contributed by atoms with Gasteiger partial charge in [-0.15, -0.1) is 9.24 Å². The van der Waals surface area contributed by atoms with Gasteiger partial charge in [-0.1, -0.05) is 18.2 Å². The summed E-state index contributed by atoms with van der Waals surface area (Å²) in [5, 5.41) is 3.65. The third-order valence-electron chi connectivity index (χ3n) is 2.36. The van der Waals surface area contributed by atoms with Gasteiger partial charge in [-0.05, 0) is 36.0 Å². The summed E-state index contributed by atoms with van der Waals surface area (Å²) in [6, 6.07) is 11.1. The van der Waals surface area contributed by atoms with Crippen LogP contribution in [0.25, 0.3) is 0 Å². The number of carbonyl (C=O) groups excluding carboxylic acids is 1. The van der Waals surface area contributed by atoms with Crippen molar-refractivity contribution < 1.29 is 4.79 Å². The van der Waals surface area contributed by atoms with Gasteiger partial charge in [-0.2, -0.15) is 0 Å². The van der Waals surface area contributed by atoms with Crippen molar-refractivity contribution in [2.24, 2.45) is 0 Å². The minimum Gasteiger partial charge on any atom is -0.307 e. The number of nitrogens with zero attached hydrogens (tertiary/aromatic N) is 1. The van der Waals surface area contributed by atoms with E-state index in [1.54, 1.807) is 12.3 Å². The van der Waals surface area contributed by atoms with Gasteiger partial charge in [-0.25, -0.2) is 4.98 Å². The molecule has 4 heteroatoms. The molecule has 3 nitrogen and oxygen atoms in total.